The Kier molecular flexibility index (Phi) is 10.2. The van der Waals surface area contributed by atoms with Gasteiger partial charge in [0.2, 0.25) is 5.91 Å². The summed E-state index contributed by atoms with van der Waals surface area (Å²) < 4.78 is 11.6. The van der Waals surface area contributed by atoms with Gasteiger partial charge in [-0.3, -0.25) is 19.5 Å². The summed E-state index contributed by atoms with van der Waals surface area (Å²) in [6, 6.07) is 11.6. The minimum Gasteiger partial charge on any atom is -0.494 e. The van der Waals surface area contributed by atoms with Gasteiger partial charge in [0.25, 0.3) is 0 Å². The zero-order valence-electron chi connectivity index (χ0n) is 23.9. The molecular weight excluding hydrogens is 551 g/mol. The van der Waals surface area contributed by atoms with Gasteiger partial charge in [0, 0.05) is 38.7 Å². The average Bonchev–Trinajstić information content (AvgIpc) is 2.94. The van der Waals surface area contributed by atoms with Crippen LogP contribution in [0, 0.1) is 0 Å². The molecule has 0 saturated carbocycles. The van der Waals surface area contributed by atoms with Crippen molar-refractivity contribution in [3.63, 3.8) is 0 Å². The van der Waals surface area contributed by atoms with Crippen molar-refractivity contribution < 1.29 is 19.1 Å². The summed E-state index contributed by atoms with van der Waals surface area (Å²) in [6.07, 6.45) is 3.02. The van der Waals surface area contributed by atoms with Crippen LogP contribution in [0.2, 0.25) is 10.0 Å². The lowest BCUT2D eigenvalue weighted by Gasteiger charge is -2.36. The molecule has 2 aromatic carbocycles. The fraction of sp³-hybridized carbons (Fsp3) is 0.533. The Morgan fingerprint density at radius 2 is 1.75 bits per heavy atom. The summed E-state index contributed by atoms with van der Waals surface area (Å²) in [5.74, 6) is 0.280. The number of amides is 1. The van der Waals surface area contributed by atoms with Gasteiger partial charge in [0.15, 0.2) is 6.73 Å². The molecule has 4 rings (SSSR count). The normalized spacial score (nSPS) is 16.3. The van der Waals surface area contributed by atoms with Crippen LogP contribution in [-0.4, -0.2) is 87.4 Å². The van der Waals surface area contributed by atoms with Gasteiger partial charge in [0.05, 0.1) is 28.0 Å². The molecule has 0 radical (unpaired) electrons. The summed E-state index contributed by atoms with van der Waals surface area (Å²) in [7, 11) is 3.65. The number of carbonyl (C=O) groups is 2. The lowest BCUT2D eigenvalue weighted by Crippen LogP contribution is -2.48. The maximum Gasteiger partial charge on any atom is 0.327 e. The van der Waals surface area contributed by atoms with Crippen LogP contribution in [0.3, 0.4) is 0 Å². The van der Waals surface area contributed by atoms with E-state index in [1.807, 2.05) is 50.5 Å². The maximum atomic E-state index is 12.7. The third kappa shape index (κ3) is 7.21. The van der Waals surface area contributed by atoms with Crippen molar-refractivity contribution in [1.29, 1.82) is 0 Å². The largest absolute Gasteiger partial charge is 0.494 e. The van der Waals surface area contributed by atoms with Crippen molar-refractivity contribution in [2.24, 2.45) is 0 Å². The summed E-state index contributed by atoms with van der Waals surface area (Å²) >= 11 is 12.6. The number of benzene rings is 2. The predicted octanol–water partition coefficient (Wildman–Crippen LogP) is 5.09. The van der Waals surface area contributed by atoms with Crippen LogP contribution in [0.1, 0.15) is 38.7 Å². The molecule has 10 heteroatoms. The Morgan fingerprint density at radius 1 is 1.00 bits per heavy atom. The van der Waals surface area contributed by atoms with E-state index in [1.165, 1.54) is 0 Å². The van der Waals surface area contributed by atoms with E-state index < -0.39 is 5.54 Å². The number of ether oxygens (including phenoxy) is 2. The van der Waals surface area contributed by atoms with Crippen LogP contribution in [0.4, 0.5) is 11.4 Å². The van der Waals surface area contributed by atoms with E-state index in [1.54, 1.807) is 23.6 Å². The average molecular weight is 592 g/mol. The second-order valence-corrected chi connectivity index (χ2v) is 11.9. The van der Waals surface area contributed by atoms with Crippen molar-refractivity contribution in [1.82, 2.24) is 9.80 Å². The van der Waals surface area contributed by atoms with Gasteiger partial charge < -0.3 is 14.4 Å². The highest BCUT2D eigenvalue weighted by atomic mass is 35.5. The van der Waals surface area contributed by atoms with E-state index in [0.717, 1.165) is 62.5 Å². The number of aryl methyl sites for hydroxylation is 1. The molecule has 1 fully saturated rings. The van der Waals surface area contributed by atoms with Gasteiger partial charge in [-0.05, 0) is 77.5 Å². The second-order valence-electron chi connectivity index (χ2n) is 11.1. The van der Waals surface area contributed by atoms with E-state index in [4.69, 9.17) is 32.7 Å². The monoisotopic (exact) mass is 590 g/mol. The number of carbonyl (C=O) groups excluding carboxylic acids is 2. The highest BCUT2D eigenvalue weighted by Crippen LogP contribution is 2.33. The predicted molar refractivity (Wildman–Crippen MR) is 161 cm³/mol. The first-order valence-corrected chi connectivity index (χ1v) is 14.7. The minimum atomic E-state index is -0.788. The zero-order chi connectivity index (χ0) is 28.9. The smallest absolute Gasteiger partial charge is 0.327 e. The number of esters is 1. The summed E-state index contributed by atoms with van der Waals surface area (Å²) in [6.45, 7) is 8.89. The molecule has 2 aliphatic rings. The molecule has 1 amide bonds. The van der Waals surface area contributed by atoms with Gasteiger partial charge in [0.1, 0.15) is 11.3 Å². The number of fused-ring (bicyclic) bond motifs is 1. The quantitative estimate of drug-likeness (QED) is 0.266. The van der Waals surface area contributed by atoms with Crippen LogP contribution in [0.5, 0.6) is 5.75 Å². The number of piperazine rings is 1. The number of anilines is 2. The van der Waals surface area contributed by atoms with Gasteiger partial charge in [-0.25, -0.2) is 4.79 Å². The molecule has 40 heavy (non-hydrogen) atoms. The van der Waals surface area contributed by atoms with Crippen LogP contribution < -0.4 is 14.5 Å². The minimum absolute atomic E-state index is 0.0576. The second kappa shape index (κ2) is 13.4. The number of unbranched alkanes of at least 4 members (excludes halogenated alkanes) is 1. The first kappa shape index (κ1) is 30.4. The molecule has 1 saturated heterocycles. The summed E-state index contributed by atoms with van der Waals surface area (Å²) in [5, 5.41) is 1.21. The number of hydrogen-bond donors (Lipinski definition) is 0. The van der Waals surface area contributed by atoms with Gasteiger partial charge in [-0.15, -0.1) is 0 Å². The Morgan fingerprint density at radius 3 is 2.48 bits per heavy atom. The van der Waals surface area contributed by atoms with E-state index in [2.05, 4.69) is 9.80 Å². The molecule has 0 aliphatic carbocycles. The Balaban J connectivity index is 1.22. The Bertz CT molecular complexity index is 1200. The highest BCUT2D eigenvalue weighted by molar-refractivity contribution is 6.43. The third-order valence-corrected chi connectivity index (χ3v) is 8.79. The van der Waals surface area contributed by atoms with Crippen molar-refractivity contribution in [2.75, 3.05) is 70.0 Å². The fourth-order valence-electron chi connectivity index (χ4n) is 4.81. The van der Waals surface area contributed by atoms with Crippen molar-refractivity contribution >= 4 is 46.5 Å². The van der Waals surface area contributed by atoms with Crippen molar-refractivity contribution in [3.8, 4) is 5.75 Å². The Hall–Kier alpha value is -2.52. The van der Waals surface area contributed by atoms with Crippen LogP contribution in [-0.2, 0) is 20.7 Å². The molecule has 0 bridgehead atoms. The molecular formula is C30H40Cl2N4O4. The fourth-order valence-corrected chi connectivity index (χ4v) is 5.22. The number of rotatable bonds is 11. The van der Waals surface area contributed by atoms with Gasteiger partial charge in [-0.2, -0.15) is 0 Å². The van der Waals surface area contributed by atoms with Crippen molar-refractivity contribution in [2.45, 2.75) is 45.1 Å². The number of likely N-dealkylation sites (N-methyl/N-ethyl adjacent to an activating group) is 1. The standard InChI is InChI=1S/C30H40Cl2N4O4/c1-30(2,33(3)4)29(38)40-21-36-26-20-23(12-10-22(26)11-13-27(36)37)39-19-6-5-14-34-15-17-35(18-16-34)25-9-7-8-24(31)28(25)32/h7-10,12,20H,5-6,11,13-19,21H2,1-4H3. The first-order chi connectivity index (χ1) is 19.1. The highest BCUT2D eigenvalue weighted by Gasteiger charge is 2.33. The SMILES string of the molecule is CN(C)C(C)(C)C(=O)OCN1C(=O)CCc2ccc(OCCCCN3CCN(c4cccc(Cl)c4Cl)CC3)cc21. The van der Waals surface area contributed by atoms with Crippen molar-refractivity contribution in [3.05, 3.63) is 52.0 Å². The van der Waals surface area contributed by atoms with E-state index in [-0.39, 0.29) is 18.6 Å². The molecule has 218 valence electrons. The van der Waals surface area contributed by atoms with Crippen LogP contribution >= 0.6 is 23.2 Å². The van der Waals surface area contributed by atoms with Crippen LogP contribution in [0.25, 0.3) is 0 Å². The lowest BCUT2D eigenvalue weighted by molar-refractivity contribution is -0.155. The van der Waals surface area contributed by atoms with E-state index >= 15 is 0 Å². The molecule has 0 atom stereocenters. The first-order valence-electron chi connectivity index (χ1n) is 13.9. The zero-order valence-corrected chi connectivity index (χ0v) is 25.4. The van der Waals surface area contributed by atoms with E-state index in [9.17, 15) is 9.59 Å². The third-order valence-electron chi connectivity index (χ3n) is 7.98. The van der Waals surface area contributed by atoms with Gasteiger partial charge >= 0.3 is 5.97 Å². The summed E-state index contributed by atoms with van der Waals surface area (Å²) in [4.78, 5) is 33.4. The molecule has 0 unspecified atom stereocenters. The molecule has 8 nitrogen and oxygen atoms in total. The Labute approximate surface area is 247 Å². The number of hydrogen-bond acceptors (Lipinski definition) is 7. The van der Waals surface area contributed by atoms with E-state index in [0.29, 0.717) is 35.2 Å². The summed E-state index contributed by atoms with van der Waals surface area (Å²) in [5.41, 5.74) is 2.02. The molecule has 2 aliphatic heterocycles. The molecule has 0 N–H and O–H groups in total. The lowest BCUT2D eigenvalue weighted by atomic mass is 10.0. The van der Waals surface area contributed by atoms with Gasteiger partial charge in [-0.1, -0.05) is 35.3 Å². The molecule has 0 aromatic heterocycles. The maximum absolute atomic E-state index is 12.7. The molecule has 0 spiro atoms. The van der Waals surface area contributed by atoms with Crippen LogP contribution in [0.15, 0.2) is 36.4 Å². The molecule has 2 aromatic rings. The number of halogens is 2. The number of nitrogens with zero attached hydrogens (tertiary/aromatic N) is 4. The topological polar surface area (TPSA) is 65.6 Å². The molecule has 2 heterocycles.